The molecule has 1 atom stereocenters. The summed E-state index contributed by atoms with van der Waals surface area (Å²) in [6.07, 6.45) is 1.90. The van der Waals surface area contributed by atoms with Crippen molar-refractivity contribution in [1.29, 1.82) is 0 Å². The summed E-state index contributed by atoms with van der Waals surface area (Å²) in [5.41, 5.74) is -0.171. The minimum Gasteiger partial charge on any atom is -0.480 e. The maximum absolute atomic E-state index is 10.9. The monoisotopic (exact) mass is 187 g/mol. The van der Waals surface area contributed by atoms with Gasteiger partial charge in [0.25, 0.3) is 0 Å². The van der Waals surface area contributed by atoms with Gasteiger partial charge in [0.05, 0.1) is 13.2 Å². The first-order valence-corrected chi connectivity index (χ1v) is 4.64. The molecule has 76 valence electrons. The third-order valence-corrected chi connectivity index (χ3v) is 2.67. The Morgan fingerprint density at radius 3 is 2.54 bits per heavy atom. The summed E-state index contributed by atoms with van der Waals surface area (Å²) >= 11 is 0. The first-order valence-electron chi connectivity index (χ1n) is 4.64. The molecule has 4 heteroatoms. The first kappa shape index (κ1) is 10.5. The predicted octanol–water partition coefficient (Wildman–Crippen LogP) is 0.476. The van der Waals surface area contributed by atoms with Crippen LogP contribution >= 0.6 is 0 Å². The molecule has 1 saturated heterocycles. The Hall–Kier alpha value is -0.610. The molecule has 0 aromatic carbocycles. The normalized spacial score (nSPS) is 22.0. The number of hydrogen-bond acceptors (Lipinski definition) is 3. The van der Waals surface area contributed by atoms with Crippen LogP contribution in [0, 0.1) is 5.41 Å². The summed E-state index contributed by atoms with van der Waals surface area (Å²) in [7, 11) is 1.69. The number of aliphatic carboxylic acids is 1. The van der Waals surface area contributed by atoms with Gasteiger partial charge in [-0.3, -0.25) is 4.79 Å². The standard InChI is InChI=1S/C9H17NO3/c1-3-4-9(5-13-6-9)7(10-2)8(11)12/h7,10H,3-6H2,1-2H3,(H,11,12). The molecule has 1 aliphatic heterocycles. The summed E-state index contributed by atoms with van der Waals surface area (Å²) in [6, 6.07) is -0.471. The van der Waals surface area contributed by atoms with Crippen molar-refractivity contribution in [1.82, 2.24) is 5.32 Å². The lowest BCUT2D eigenvalue weighted by atomic mass is 9.74. The van der Waals surface area contributed by atoms with E-state index in [9.17, 15) is 4.79 Å². The molecular formula is C9H17NO3. The highest BCUT2D eigenvalue weighted by Crippen LogP contribution is 2.36. The highest BCUT2D eigenvalue weighted by molar-refractivity contribution is 5.74. The van der Waals surface area contributed by atoms with E-state index < -0.39 is 12.0 Å². The van der Waals surface area contributed by atoms with Crippen LogP contribution in [-0.2, 0) is 9.53 Å². The van der Waals surface area contributed by atoms with Crippen LogP contribution in [-0.4, -0.2) is 37.4 Å². The van der Waals surface area contributed by atoms with E-state index in [1.807, 2.05) is 0 Å². The molecule has 1 aliphatic rings. The lowest BCUT2D eigenvalue weighted by Gasteiger charge is -2.45. The van der Waals surface area contributed by atoms with Gasteiger partial charge in [-0.05, 0) is 13.5 Å². The highest BCUT2D eigenvalue weighted by Gasteiger charge is 2.47. The number of rotatable bonds is 5. The SMILES string of the molecule is CCCC1(C(NC)C(=O)O)COC1. The van der Waals surface area contributed by atoms with Crippen molar-refractivity contribution in [2.24, 2.45) is 5.41 Å². The van der Waals surface area contributed by atoms with Crippen molar-refractivity contribution in [2.45, 2.75) is 25.8 Å². The molecule has 0 aromatic heterocycles. The van der Waals surface area contributed by atoms with Gasteiger partial charge in [0.1, 0.15) is 6.04 Å². The Morgan fingerprint density at radius 2 is 2.31 bits per heavy atom. The van der Waals surface area contributed by atoms with Crippen LogP contribution in [0.4, 0.5) is 0 Å². The minimum absolute atomic E-state index is 0.171. The fraction of sp³-hybridized carbons (Fsp3) is 0.889. The van der Waals surface area contributed by atoms with Crippen molar-refractivity contribution in [3.8, 4) is 0 Å². The maximum Gasteiger partial charge on any atom is 0.321 e. The van der Waals surface area contributed by atoms with E-state index in [1.54, 1.807) is 7.05 Å². The average Bonchev–Trinajstić information content (AvgIpc) is 2.00. The van der Waals surface area contributed by atoms with Crippen molar-refractivity contribution < 1.29 is 14.6 Å². The van der Waals surface area contributed by atoms with E-state index in [4.69, 9.17) is 9.84 Å². The van der Waals surface area contributed by atoms with E-state index in [1.165, 1.54) is 0 Å². The first-order chi connectivity index (χ1) is 6.16. The third kappa shape index (κ3) is 1.84. The molecule has 1 heterocycles. The largest absolute Gasteiger partial charge is 0.480 e. The topological polar surface area (TPSA) is 58.6 Å². The summed E-state index contributed by atoms with van der Waals surface area (Å²) < 4.78 is 5.12. The number of likely N-dealkylation sites (N-methyl/N-ethyl adjacent to an activating group) is 1. The van der Waals surface area contributed by atoms with Crippen LogP contribution in [0.25, 0.3) is 0 Å². The molecule has 0 aromatic rings. The van der Waals surface area contributed by atoms with E-state index in [0.29, 0.717) is 13.2 Å². The van der Waals surface area contributed by atoms with E-state index in [2.05, 4.69) is 12.2 Å². The number of nitrogens with one attached hydrogen (secondary N) is 1. The van der Waals surface area contributed by atoms with Crippen molar-refractivity contribution in [2.75, 3.05) is 20.3 Å². The summed E-state index contributed by atoms with van der Waals surface area (Å²) in [5, 5.41) is 11.8. The fourth-order valence-electron chi connectivity index (χ4n) is 2.01. The van der Waals surface area contributed by atoms with Crippen LogP contribution in [0.5, 0.6) is 0 Å². The number of carboxylic acids is 1. The molecule has 4 nitrogen and oxygen atoms in total. The quantitative estimate of drug-likeness (QED) is 0.657. The molecule has 1 unspecified atom stereocenters. The van der Waals surface area contributed by atoms with Gasteiger partial charge in [-0.25, -0.2) is 0 Å². The lowest BCUT2D eigenvalue weighted by molar-refractivity contribution is -0.167. The Labute approximate surface area is 78.3 Å². The van der Waals surface area contributed by atoms with E-state index in [-0.39, 0.29) is 5.41 Å². The second kappa shape index (κ2) is 4.07. The van der Waals surface area contributed by atoms with Crippen molar-refractivity contribution in [3.63, 3.8) is 0 Å². The Bertz CT molecular complexity index is 189. The summed E-state index contributed by atoms with van der Waals surface area (Å²) in [6.45, 7) is 3.20. The van der Waals surface area contributed by atoms with Gasteiger partial charge in [-0.1, -0.05) is 13.3 Å². The highest BCUT2D eigenvalue weighted by atomic mass is 16.5. The summed E-state index contributed by atoms with van der Waals surface area (Å²) in [4.78, 5) is 10.9. The van der Waals surface area contributed by atoms with Gasteiger partial charge in [-0.15, -0.1) is 0 Å². The molecule has 0 aliphatic carbocycles. The second-order valence-electron chi connectivity index (χ2n) is 3.67. The zero-order chi connectivity index (χ0) is 9.90. The zero-order valence-corrected chi connectivity index (χ0v) is 8.17. The smallest absolute Gasteiger partial charge is 0.321 e. The second-order valence-corrected chi connectivity index (χ2v) is 3.67. The van der Waals surface area contributed by atoms with E-state index >= 15 is 0 Å². The third-order valence-electron chi connectivity index (χ3n) is 2.67. The summed E-state index contributed by atoms with van der Waals surface area (Å²) in [5.74, 6) is -0.778. The number of carboxylic acid groups (broad SMARTS) is 1. The number of ether oxygens (including phenoxy) is 1. The molecular weight excluding hydrogens is 170 g/mol. The Morgan fingerprint density at radius 1 is 1.69 bits per heavy atom. The van der Waals surface area contributed by atoms with Crippen LogP contribution in [0.3, 0.4) is 0 Å². The molecule has 1 fully saturated rings. The maximum atomic E-state index is 10.9. The molecule has 0 amide bonds. The lowest BCUT2D eigenvalue weighted by Crippen LogP contribution is -2.59. The van der Waals surface area contributed by atoms with Gasteiger partial charge < -0.3 is 15.2 Å². The number of hydrogen-bond donors (Lipinski definition) is 2. The van der Waals surface area contributed by atoms with Gasteiger partial charge in [-0.2, -0.15) is 0 Å². The molecule has 2 N–H and O–H groups in total. The zero-order valence-electron chi connectivity index (χ0n) is 8.17. The van der Waals surface area contributed by atoms with E-state index in [0.717, 1.165) is 12.8 Å². The van der Waals surface area contributed by atoms with Gasteiger partial charge in [0, 0.05) is 5.41 Å². The average molecular weight is 187 g/mol. The van der Waals surface area contributed by atoms with Crippen molar-refractivity contribution >= 4 is 5.97 Å². The van der Waals surface area contributed by atoms with Crippen molar-refractivity contribution in [3.05, 3.63) is 0 Å². The number of carbonyl (C=O) groups is 1. The molecule has 0 saturated carbocycles. The van der Waals surface area contributed by atoms with Crippen LogP contribution in [0.1, 0.15) is 19.8 Å². The fourth-order valence-corrected chi connectivity index (χ4v) is 2.01. The Kier molecular flexibility index (Phi) is 3.27. The minimum atomic E-state index is -0.778. The molecule has 0 radical (unpaired) electrons. The Balaban J connectivity index is 2.67. The molecule has 13 heavy (non-hydrogen) atoms. The van der Waals surface area contributed by atoms with Gasteiger partial charge in [0.2, 0.25) is 0 Å². The molecule has 1 rings (SSSR count). The van der Waals surface area contributed by atoms with Gasteiger partial charge in [0.15, 0.2) is 0 Å². The van der Waals surface area contributed by atoms with Gasteiger partial charge >= 0.3 is 5.97 Å². The predicted molar refractivity (Wildman–Crippen MR) is 48.6 cm³/mol. The van der Waals surface area contributed by atoms with Crippen LogP contribution in [0.15, 0.2) is 0 Å². The molecule has 0 bridgehead atoms. The van der Waals surface area contributed by atoms with Crippen LogP contribution in [0.2, 0.25) is 0 Å². The molecule has 0 spiro atoms. The van der Waals surface area contributed by atoms with Crippen LogP contribution < -0.4 is 5.32 Å².